The van der Waals surface area contributed by atoms with E-state index in [2.05, 4.69) is 11.9 Å². The molecule has 0 aliphatic heterocycles. The zero-order valence-corrected chi connectivity index (χ0v) is 12.5. The topological polar surface area (TPSA) is 68.7 Å². The van der Waals surface area contributed by atoms with Crippen molar-refractivity contribution in [2.45, 2.75) is 26.2 Å². The standard InChI is InChI=1S/C16H19NO4/c1-4-5-6-10-9-13(21-3)17-15-11(10)7-8-12(20-2)14(15)16(18)19/h7-9H,4-6H2,1-3H3,(H,18,19). The number of fused-ring (bicyclic) bond motifs is 1. The van der Waals surface area contributed by atoms with Crippen LogP contribution in [0.2, 0.25) is 0 Å². The van der Waals surface area contributed by atoms with Crippen molar-refractivity contribution < 1.29 is 19.4 Å². The lowest BCUT2D eigenvalue weighted by molar-refractivity contribution is 0.0695. The summed E-state index contributed by atoms with van der Waals surface area (Å²) in [5.74, 6) is -0.332. The van der Waals surface area contributed by atoms with Gasteiger partial charge in [-0.1, -0.05) is 13.3 Å². The minimum absolute atomic E-state index is 0.0756. The van der Waals surface area contributed by atoms with Crippen LogP contribution in [-0.2, 0) is 6.42 Å². The van der Waals surface area contributed by atoms with Crippen LogP contribution >= 0.6 is 0 Å². The molecule has 0 saturated heterocycles. The van der Waals surface area contributed by atoms with Crippen molar-refractivity contribution >= 4 is 16.9 Å². The number of unbranched alkanes of at least 4 members (excludes halogenated alkanes) is 1. The van der Waals surface area contributed by atoms with Crippen LogP contribution in [0.1, 0.15) is 35.7 Å². The van der Waals surface area contributed by atoms with E-state index in [1.54, 1.807) is 6.07 Å². The smallest absolute Gasteiger partial charge is 0.341 e. The molecule has 0 spiro atoms. The van der Waals surface area contributed by atoms with Crippen molar-refractivity contribution in [1.29, 1.82) is 0 Å². The molecule has 0 unspecified atom stereocenters. The third-order valence-electron chi connectivity index (χ3n) is 3.45. The predicted molar refractivity (Wildman–Crippen MR) is 80.4 cm³/mol. The van der Waals surface area contributed by atoms with Gasteiger partial charge in [0.15, 0.2) is 0 Å². The molecule has 1 aromatic carbocycles. The average molecular weight is 289 g/mol. The second-order valence-corrected chi connectivity index (χ2v) is 4.77. The summed E-state index contributed by atoms with van der Waals surface area (Å²) in [7, 11) is 2.98. The monoisotopic (exact) mass is 289 g/mol. The van der Waals surface area contributed by atoms with Gasteiger partial charge < -0.3 is 14.6 Å². The molecule has 0 bridgehead atoms. The Morgan fingerprint density at radius 2 is 2.05 bits per heavy atom. The third kappa shape index (κ3) is 2.91. The Labute approximate surface area is 123 Å². The number of nitrogens with zero attached hydrogens (tertiary/aromatic N) is 1. The van der Waals surface area contributed by atoms with Gasteiger partial charge in [-0.25, -0.2) is 9.78 Å². The van der Waals surface area contributed by atoms with E-state index in [0.717, 1.165) is 30.2 Å². The van der Waals surface area contributed by atoms with Crippen molar-refractivity contribution in [3.8, 4) is 11.6 Å². The van der Waals surface area contributed by atoms with Crippen molar-refractivity contribution in [3.63, 3.8) is 0 Å². The number of hydrogen-bond acceptors (Lipinski definition) is 4. The van der Waals surface area contributed by atoms with Gasteiger partial charge in [0.2, 0.25) is 5.88 Å². The largest absolute Gasteiger partial charge is 0.496 e. The number of hydrogen-bond donors (Lipinski definition) is 1. The number of carboxylic acids is 1. The number of pyridine rings is 1. The molecule has 5 heteroatoms. The van der Waals surface area contributed by atoms with Crippen LogP contribution < -0.4 is 9.47 Å². The molecule has 5 nitrogen and oxygen atoms in total. The Morgan fingerprint density at radius 1 is 1.29 bits per heavy atom. The molecule has 0 amide bonds. The Hall–Kier alpha value is -2.30. The molecule has 112 valence electrons. The first kappa shape index (κ1) is 15.1. The molecular weight excluding hydrogens is 270 g/mol. The first-order chi connectivity index (χ1) is 10.1. The van der Waals surface area contributed by atoms with Gasteiger partial charge in [-0.2, -0.15) is 0 Å². The van der Waals surface area contributed by atoms with E-state index in [9.17, 15) is 9.90 Å². The SMILES string of the molecule is CCCCc1cc(OC)nc2c(C(=O)O)c(OC)ccc12. The summed E-state index contributed by atoms with van der Waals surface area (Å²) >= 11 is 0. The third-order valence-corrected chi connectivity index (χ3v) is 3.45. The number of carbonyl (C=O) groups is 1. The van der Waals surface area contributed by atoms with Gasteiger partial charge in [0.25, 0.3) is 0 Å². The first-order valence-corrected chi connectivity index (χ1v) is 6.90. The second kappa shape index (κ2) is 6.43. The maximum atomic E-state index is 11.6. The molecule has 0 saturated carbocycles. The fourth-order valence-corrected chi connectivity index (χ4v) is 2.37. The highest BCUT2D eigenvalue weighted by molar-refractivity contribution is 6.05. The molecule has 0 aliphatic rings. The van der Waals surface area contributed by atoms with E-state index in [-0.39, 0.29) is 5.56 Å². The molecule has 1 N–H and O–H groups in total. The van der Waals surface area contributed by atoms with Crippen LogP contribution in [0.3, 0.4) is 0 Å². The van der Waals surface area contributed by atoms with Crippen LogP contribution in [0.25, 0.3) is 10.9 Å². The number of benzene rings is 1. The van der Waals surface area contributed by atoms with Gasteiger partial charge in [0, 0.05) is 11.5 Å². The van der Waals surface area contributed by atoms with Crippen LogP contribution in [0.5, 0.6) is 11.6 Å². The fraction of sp³-hybridized carbons (Fsp3) is 0.375. The van der Waals surface area contributed by atoms with Crippen LogP contribution in [0.4, 0.5) is 0 Å². The Morgan fingerprint density at radius 3 is 2.62 bits per heavy atom. The highest BCUT2D eigenvalue weighted by atomic mass is 16.5. The average Bonchev–Trinajstić information content (AvgIpc) is 2.50. The van der Waals surface area contributed by atoms with Crippen LogP contribution in [0.15, 0.2) is 18.2 Å². The molecule has 2 rings (SSSR count). The maximum absolute atomic E-state index is 11.6. The fourth-order valence-electron chi connectivity index (χ4n) is 2.37. The molecule has 1 aromatic heterocycles. The summed E-state index contributed by atoms with van der Waals surface area (Å²) in [6.45, 7) is 2.12. The van der Waals surface area contributed by atoms with Gasteiger partial charge in [-0.3, -0.25) is 0 Å². The van der Waals surface area contributed by atoms with E-state index in [1.165, 1.54) is 14.2 Å². The molecule has 0 atom stereocenters. The minimum Gasteiger partial charge on any atom is -0.496 e. The van der Waals surface area contributed by atoms with Gasteiger partial charge >= 0.3 is 5.97 Å². The summed E-state index contributed by atoms with van der Waals surface area (Å²) in [4.78, 5) is 15.9. The van der Waals surface area contributed by atoms with E-state index in [4.69, 9.17) is 9.47 Å². The Kier molecular flexibility index (Phi) is 4.62. The zero-order valence-electron chi connectivity index (χ0n) is 12.5. The first-order valence-electron chi connectivity index (χ1n) is 6.90. The number of aromatic nitrogens is 1. The van der Waals surface area contributed by atoms with Gasteiger partial charge in [0.05, 0.1) is 19.7 Å². The summed E-state index contributed by atoms with van der Waals surface area (Å²) < 4.78 is 10.4. The van der Waals surface area contributed by atoms with Crippen molar-refractivity contribution in [3.05, 3.63) is 29.3 Å². The van der Waals surface area contributed by atoms with Gasteiger partial charge in [-0.15, -0.1) is 0 Å². The van der Waals surface area contributed by atoms with Crippen molar-refractivity contribution in [1.82, 2.24) is 4.98 Å². The van der Waals surface area contributed by atoms with E-state index >= 15 is 0 Å². The highest BCUT2D eigenvalue weighted by Crippen LogP contribution is 2.31. The highest BCUT2D eigenvalue weighted by Gasteiger charge is 2.19. The number of carboxylic acid groups (broad SMARTS) is 1. The molecule has 21 heavy (non-hydrogen) atoms. The summed E-state index contributed by atoms with van der Waals surface area (Å²) in [5, 5.41) is 10.3. The number of ether oxygens (including phenoxy) is 2. The van der Waals surface area contributed by atoms with Gasteiger partial charge in [-0.05, 0) is 30.5 Å². The molecular formula is C16H19NO4. The predicted octanol–water partition coefficient (Wildman–Crippen LogP) is 3.29. The lowest BCUT2D eigenvalue weighted by Gasteiger charge is -2.12. The zero-order chi connectivity index (χ0) is 15.4. The maximum Gasteiger partial charge on any atom is 0.341 e. The lowest BCUT2D eigenvalue weighted by atomic mass is 10.0. The summed E-state index contributed by atoms with van der Waals surface area (Å²) in [5.41, 5.74) is 1.53. The second-order valence-electron chi connectivity index (χ2n) is 4.77. The molecule has 0 aliphatic carbocycles. The van der Waals surface area contributed by atoms with Crippen molar-refractivity contribution in [2.75, 3.05) is 14.2 Å². The van der Waals surface area contributed by atoms with Gasteiger partial charge in [0.1, 0.15) is 11.3 Å². The van der Waals surface area contributed by atoms with E-state index < -0.39 is 5.97 Å². The van der Waals surface area contributed by atoms with Crippen LogP contribution in [-0.4, -0.2) is 30.3 Å². The van der Waals surface area contributed by atoms with Crippen LogP contribution in [0, 0.1) is 0 Å². The molecule has 1 heterocycles. The number of rotatable bonds is 6. The Bertz CT molecular complexity index is 667. The minimum atomic E-state index is -1.06. The number of methoxy groups -OCH3 is 2. The summed E-state index contributed by atoms with van der Waals surface area (Å²) in [6, 6.07) is 5.41. The molecule has 0 fully saturated rings. The Balaban J connectivity index is 2.75. The number of aryl methyl sites for hydroxylation is 1. The van der Waals surface area contributed by atoms with E-state index in [1.807, 2.05) is 12.1 Å². The molecule has 0 radical (unpaired) electrons. The quantitative estimate of drug-likeness (QED) is 0.883. The molecule has 2 aromatic rings. The van der Waals surface area contributed by atoms with Crippen molar-refractivity contribution in [2.24, 2.45) is 0 Å². The lowest BCUT2D eigenvalue weighted by Crippen LogP contribution is -2.05. The summed E-state index contributed by atoms with van der Waals surface area (Å²) in [6.07, 6.45) is 2.95. The normalized spacial score (nSPS) is 10.6. The number of aromatic carboxylic acids is 1. The van der Waals surface area contributed by atoms with E-state index in [0.29, 0.717) is 17.1 Å².